The van der Waals surface area contributed by atoms with Gasteiger partial charge in [0.05, 0.1) is 6.61 Å². The molecule has 0 radical (unpaired) electrons. The number of hydrogen-bond acceptors (Lipinski definition) is 3. The lowest BCUT2D eigenvalue weighted by Gasteiger charge is -2.25. The van der Waals surface area contributed by atoms with Gasteiger partial charge in [-0.2, -0.15) is 0 Å². The Morgan fingerprint density at radius 2 is 1.84 bits per heavy atom. The number of hydrogen-bond donors (Lipinski definition) is 0. The zero-order valence-electron chi connectivity index (χ0n) is 19.4. The monoisotopic (exact) mass is 434 g/mol. The van der Waals surface area contributed by atoms with Gasteiger partial charge in [-0.25, -0.2) is 0 Å². The predicted molar refractivity (Wildman–Crippen MR) is 136 cm³/mol. The summed E-state index contributed by atoms with van der Waals surface area (Å²) in [4.78, 5) is 12.5. The van der Waals surface area contributed by atoms with Crippen LogP contribution >= 0.6 is 11.8 Å². The summed E-state index contributed by atoms with van der Waals surface area (Å²) in [6.45, 7) is 14.6. The van der Waals surface area contributed by atoms with Gasteiger partial charge in [-0.1, -0.05) is 119 Å². The average Bonchev–Trinajstić information content (AvgIpc) is 2.76. The molecule has 0 aliphatic rings. The molecule has 2 rings (SSSR count). The molecule has 0 spiro atoms. The van der Waals surface area contributed by atoms with Gasteiger partial charge in [0.2, 0.25) is 0 Å². The molecule has 0 aromatic heterocycles. The van der Waals surface area contributed by atoms with Crippen LogP contribution in [-0.2, 0) is 4.79 Å². The summed E-state index contributed by atoms with van der Waals surface area (Å²) in [5, 5.41) is 0.218. The van der Waals surface area contributed by atoms with E-state index >= 15 is 0 Å². The van der Waals surface area contributed by atoms with Gasteiger partial charge in [0, 0.05) is 22.8 Å². The molecule has 2 aromatic carbocycles. The minimum Gasteiger partial charge on any atom is -0.491 e. The van der Waals surface area contributed by atoms with E-state index in [2.05, 4.69) is 63.8 Å². The normalized spacial score (nSPS) is 13.3. The van der Waals surface area contributed by atoms with Crippen LogP contribution in [0.4, 0.5) is 0 Å². The highest BCUT2D eigenvalue weighted by Gasteiger charge is 2.26. The van der Waals surface area contributed by atoms with E-state index in [1.807, 2.05) is 44.2 Å². The van der Waals surface area contributed by atoms with Crippen LogP contribution in [0.5, 0.6) is 5.75 Å². The molecule has 0 heterocycles. The maximum absolute atomic E-state index is 12.5. The van der Waals surface area contributed by atoms with Crippen LogP contribution < -0.4 is 4.74 Å². The third-order valence-corrected chi connectivity index (χ3v) is 6.37. The predicted octanol–water partition coefficient (Wildman–Crippen LogP) is 7.82. The van der Waals surface area contributed by atoms with E-state index in [1.54, 1.807) is 6.08 Å². The molecular weight excluding hydrogens is 400 g/mol. The molecule has 0 amide bonds. The number of benzene rings is 2. The van der Waals surface area contributed by atoms with Gasteiger partial charge in [0.15, 0.2) is 5.12 Å². The van der Waals surface area contributed by atoms with Crippen LogP contribution in [0.2, 0.25) is 0 Å². The van der Waals surface area contributed by atoms with Gasteiger partial charge in [-0.05, 0) is 23.5 Å². The van der Waals surface area contributed by atoms with E-state index in [0.29, 0.717) is 12.4 Å². The summed E-state index contributed by atoms with van der Waals surface area (Å²) >= 11 is 1.36. The first kappa shape index (κ1) is 24.7. The minimum atomic E-state index is -0.0314. The van der Waals surface area contributed by atoms with Gasteiger partial charge in [-0.15, -0.1) is 0 Å². The summed E-state index contributed by atoms with van der Waals surface area (Å²) in [5.74, 6) is 1.46. The zero-order valence-corrected chi connectivity index (χ0v) is 20.2. The van der Waals surface area contributed by atoms with Crippen molar-refractivity contribution in [1.82, 2.24) is 0 Å². The van der Waals surface area contributed by atoms with E-state index in [-0.39, 0.29) is 16.4 Å². The van der Waals surface area contributed by atoms with Gasteiger partial charge in [0.1, 0.15) is 5.75 Å². The smallest absolute Gasteiger partial charge is 0.192 e. The molecule has 0 saturated carbocycles. The largest absolute Gasteiger partial charge is 0.491 e. The standard InChI is InChI=1S/C28H34O2S/c1-7-9-14-22(8-2)24-17-13-18-25(23-15-11-10-12-16-23)26(24)30-19-20-31-27(29)21(3)28(4,5)6/h7-18,21H,1,19-20H2,2-6H3/b14-9-,22-8+. The lowest BCUT2D eigenvalue weighted by atomic mass is 9.83. The molecule has 2 aromatic rings. The topological polar surface area (TPSA) is 26.3 Å². The third-order valence-electron chi connectivity index (χ3n) is 5.36. The molecule has 0 N–H and O–H groups in total. The van der Waals surface area contributed by atoms with Crippen LogP contribution in [-0.4, -0.2) is 17.5 Å². The molecule has 0 aliphatic carbocycles. The van der Waals surface area contributed by atoms with Crippen LogP contribution in [0.1, 0.15) is 40.2 Å². The molecule has 1 unspecified atom stereocenters. The van der Waals surface area contributed by atoms with Crippen molar-refractivity contribution in [1.29, 1.82) is 0 Å². The number of ether oxygens (including phenoxy) is 1. The van der Waals surface area contributed by atoms with Crippen molar-refractivity contribution in [3.63, 3.8) is 0 Å². The number of para-hydroxylation sites is 1. The van der Waals surface area contributed by atoms with E-state index in [0.717, 1.165) is 28.0 Å². The summed E-state index contributed by atoms with van der Waals surface area (Å²) < 4.78 is 6.33. The van der Waals surface area contributed by atoms with Crippen molar-refractivity contribution in [2.75, 3.05) is 12.4 Å². The number of allylic oxidation sites excluding steroid dienone is 5. The van der Waals surface area contributed by atoms with E-state index < -0.39 is 0 Å². The first-order valence-electron chi connectivity index (χ1n) is 10.7. The fourth-order valence-corrected chi connectivity index (χ4v) is 4.01. The lowest BCUT2D eigenvalue weighted by molar-refractivity contribution is -0.116. The summed E-state index contributed by atoms with van der Waals surface area (Å²) in [7, 11) is 0. The molecule has 3 heteroatoms. The highest BCUT2D eigenvalue weighted by molar-refractivity contribution is 8.13. The molecule has 0 saturated heterocycles. The van der Waals surface area contributed by atoms with Crippen molar-refractivity contribution < 1.29 is 9.53 Å². The Bertz CT molecular complexity index is 933. The van der Waals surface area contributed by atoms with Crippen LogP contribution in [0, 0.1) is 11.3 Å². The number of carbonyl (C=O) groups is 1. The number of rotatable bonds is 9. The molecule has 2 nitrogen and oxygen atoms in total. The zero-order chi connectivity index (χ0) is 22.9. The molecule has 0 aliphatic heterocycles. The Hall–Kier alpha value is -2.52. The van der Waals surface area contributed by atoms with Gasteiger partial charge in [-0.3, -0.25) is 4.79 Å². The Morgan fingerprint density at radius 3 is 2.45 bits per heavy atom. The Balaban J connectivity index is 2.28. The van der Waals surface area contributed by atoms with Crippen LogP contribution in [0.3, 0.4) is 0 Å². The molecule has 164 valence electrons. The lowest BCUT2D eigenvalue weighted by Crippen LogP contribution is -2.24. The fraction of sp³-hybridized carbons (Fsp3) is 0.321. The molecule has 0 fully saturated rings. The third kappa shape index (κ3) is 7.00. The quantitative estimate of drug-likeness (QED) is 0.297. The first-order valence-corrected chi connectivity index (χ1v) is 11.7. The maximum Gasteiger partial charge on any atom is 0.192 e. The number of carbonyl (C=O) groups excluding carboxylic acids is 1. The molecule has 0 bridgehead atoms. The first-order chi connectivity index (χ1) is 14.8. The SMILES string of the molecule is C=C/C=C\C(=C/C)c1cccc(-c2ccccc2)c1OCCSC(=O)C(C)C(C)(C)C. The summed E-state index contributed by atoms with van der Waals surface area (Å²) in [6.07, 6.45) is 7.80. The highest BCUT2D eigenvalue weighted by atomic mass is 32.2. The molecular formula is C28H34O2S. The highest BCUT2D eigenvalue weighted by Crippen LogP contribution is 2.37. The summed E-state index contributed by atoms with van der Waals surface area (Å²) in [6, 6.07) is 16.5. The van der Waals surface area contributed by atoms with Gasteiger partial charge in [0.25, 0.3) is 0 Å². The summed E-state index contributed by atoms with van der Waals surface area (Å²) in [5.41, 5.74) is 4.21. The Morgan fingerprint density at radius 1 is 1.13 bits per heavy atom. The van der Waals surface area contributed by atoms with E-state index in [9.17, 15) is 4.79 Å². The second-order valence-corrected chi connectivity index (χ2v) is 9.59. The van der Waals surface area contributed by atoms with Gasteiger partial charge >= 0.3 is 0 Å². The van der Waals surface area contributed by atoms with Crippen molar-refractivity contribution in [3.8, 4) is 16.9 Å². The van der Waals surface area contributed by atoms with Crippen LogP contribution in [0.25, 0.3) is 16.7 Å². The fourth-order valence-electron chi connectivity index (χ4n) is 3.04. The average molecular weight is 435 g/mol. The van der Waals surface area contributed by atoms with Crippen molar-refractivity contribution in [2.24, 2.45) is 11.3 Å². The minimum absolute atomic E-state index is 0.00309. The van der Waals surface area contributed by atoms with Crippen molar-refractivity contribution in [3.05, 3.63) is 85.0 Å². The second kappa shape index (κ2) is 11.8. The van der Waals surface area contributed by atoms with E-state index in [4.69, 9.17) is 4.74 Å². The van der Waals surface area contributed by atoms with Gasteiger partial charge < -0.3 is 4.74 Å². The number of thioether (sulfide) groups is 1. The molecule has 31 heavy (non-hydrogen) atoms. The van der Waals surface area contributed by atoms with Crippen molar-refractivity contribution >= 4 is 22.5 Å². The van der Waals surface area contributed by atoms with Crippen molar-refractivity contribution in [2.45, 2.75) is 34.6 Å². The van der Waals surface area contributed by atoms with E-state index in [1.165, 1.54) is 11.8 Å². The maximum atomic E-state index is 12.5. The second-order valence-electron chi connectivity index (χ2n) is 8.49. The Labute approximate surface area is 192 Å². The van der Waals surface area contributed by atoms with Crippen LogP contribution in [0.15, 0.2) is 79.4 Å². The molecule has 1 atom stereocenters. The Kier molecular flexibility index (Phi) is 9.39.